The van der Waals surface area contributed by atoms with Crippen LogP contribution in [0.1, 0.15) is 33.6 Å². The van der Waals surface area contributed by atoms with Crippen LogP contribution < -0.4 is 11.1 Å². The highest BCUT2D eigenvalue weighted by Gasteiger charge is 2.09. The Morgan fingerprint density at radius 3 is 2.39 bits per heavy atom. The van der Waals surface area contributed by atoms with E-state index in [-0.39, 0.29) is 29.5 Å². The van der Waals surface area contributed by atoms with E-state index in [9.17, 15) is 0 Å². The maximum absolute atomic E-state index is 5.73. The molecule has 0 aromatic heterocycles. The van der Waals surface area contributed by atoms with Crippen LogP contribution in [-0.4, -0.2) is 45.0 Å². The van der Waals surface area contributed by atoms with Crippen LogP contribution in [0.5, 0.6) is 0 Å². The third-order valence-corrected chi connectivity index (χ3v) is 1.91. The van der Waals surface area contributed by atoms with Gasteiger partial charge in [-0.05, 0) is 33.6 Å². The summed E-state index contributed by atoms with van der Waals surface area (Å²) in [7, 11) is 1.67. The second-order valence-electron chi connectivity index (χ2n) is 4.95. The average molecular weight is 373 g/mol. The van der Waals surface area contributed by atoms with Crippen LogP contribution >= 0.6 is 24.0 Å². The van der Waals surface area contributed by atoms with Crippen LogP contribution in [0.15, 0.2) is 4.99 Å². The molecule has 0 unspecified atom stereocenters. The number of methoxy groups -OCH3 is 1. The lowest BCUT2D eigenvalue weighted by Crippen LogP contribution is -2.45. The number of rotatable bonds is 8. The first-order valence-corrected chi connectivity index (χ1v) is 6.10. The summed E-state index contributed by atoms with van der Waals surface area (Å²) in [6, 6.07) is 0. The summed E-state index contributed by atoms with van der Waals surface area (Å²) in [4.78, 5) is 4.25. The number of hydrogen-bond acceptors (Lipinski definition) is 3. The molecule has 0 aromatic rings. The van der Waals surface area contributed by atoms with E-state index in [1.807, 2.05) is 0 Å². The Hall–Kier alpha value is -0.0800. The molecule has 18 heavy (non-hydrogen) atoms. The second kappa shape index (κ2) is 12.0. The molecular formula is C12H28IN3O2. The minimum absolute atomic E-state index is 0. The van der Waals surface area contributed by atoms with Gasteiger partial charge in [0.1, 0.15) is 0 Å². The van der Waals surface area contributed by atoms with Gasteiger partial charge in [-0.15, -0.1) is 24.0 Å². The fraction of sp³-hybridized carbons (Fsp3) is 0.917. The van der Waals surface area contributed by atoms with Gasteiger partial charge in [0, 0.05) is 25.8 Å². The molecule has 5 nitrogen and oxygen atoms in total. The Morgan fingerprint density at radius 1 is 1.17 bits per heavy atom. The molecule has 3 N–H and O–H groups in total. The molecule has 6 heteroatoms. The highest BCUT2D eigenvalue weighted by atomic mass is 127. The summed E-state index contributed by atoms with van der Waals surface area (Å²) in [5.74, 6) is 0.512. The number of nitrogens with zero attached hydrogens (tertiary/aromatic N) is 1. The van der Waals surface area contributed by atoms with Gasteiger partial charge in [-0.1, -0.05) is 0 Å². The first kappa shape index (κ1) is 20.2. The number of nitrogens with two attached hydrogens (primary N) is 1. The Labute approximate surface area is 128 Å². The second-order valence-corrected chi connectivity index (χ2v) is 4.95. The van der Waals surface area contributed by atoms with Gasteiger partial charge >= 0.3 is 0 Å². The minimum atomic E-state index is -0.0309. The van der Waals surface area contributed by atoms with Gasteiger partial charge in [0.05, 0.1) is 13.2 Å². The van der Waals surface area contributed by atoms with E-state index in [4.69, 9.17) is 15.2 Å². The number of aliphatic imine (C=N–C) groups is 1. The van der Waals surface area contributed by atoms with Crippen molar-refractivity contribution in [2.75, 3.05) is 33.5 Å². The van der Waals surface area contributed by atoms with Gasteiger partial charge in [0.25, 0.3) is 0 Å². The number of guanidine groups is 1. The summed E-state index contributed by atoms with van der Waals surface area (Å²) in [6.45, 7) is 8.97. The maximum atomic E-state index is 5.73. The minimum Gasteiger partial charge on any atom is -0.382 e. The third-order valence-electron chi connectivity index (χ3n) is 1.91. The average Bonchev–Trinajstić information content (AvgIpc) is 2.19. The van der Waals surface area contributed by atoms with Crippen LogP contribution in [0.2, 0.25) is 0 Å². The Balaban J connectivity index is 0. The summed E-state index contributed by atoms with van der Waals surface area (Å²) < 4.78 is 10.2. The Bertz CT molecular complexity index is 218. The number of halogens is 1. The number of hydrogen-bond donors (Lipinski definition) is 2. The lowest BCUT2D eigenvalue weighted by Gasteiger charge is -2.20. The lowest BCUT2D eigenvalue weighted by molar-refractivity contribution is 0.0690. The first-order chi connectivity index (χ1) is 7.95. The van der Waals surface area contributed by atoms with Gasteiger partial charge < -0.3 is 20.5 Å². The van der Waals surface area contributed by atoms with Crippen molar-refractivity contribution in [1.29, 1.82) is 0 Å². The van der Waals surface area contributed by atoms with Crippen molar-refractivity contribution in [2.24, 2.45) is 10.7 Å². The number of ether oxygens (including phenoxy) is 2. The molecule has 110 valence electrons. The molecule has 0 fully saturated rings. The summed E-state index contributed by atoms with van der Waals surface area (Å²) in [5, 5.41) is 3.12. The van der Waals surface area contributed by atoms with E-state index in [1.165, 1.54) is 0 Å². The van der Waals surface area contributed by atoms with E-state index in [0.717, 1.165) is 26.0 Å². The zero-order valence-corrected chi connectivity index (χ0v) is 14.3. The highest BCUT2D eigenvalue weighted by Crippen LogP contribution is 1.97. The van der Waals surface area contributed by atoms with Crippen LogP contribution in [0.25, 0.3) is 0 Å². The van der Waals surface area contributed by atoms with Crippen LogP contribution in [0.4, 0.5) is 0 Å². The zero-order valence-electron chi connectivity index (χ0n) is 12.0. The highest BCUT2D eigenvalue weighted by molar-refractivity contribution is 14.0. The molecule has 0 aromatic carbocycles. The van der Waals surface area contributed by atoms with Gasteiger partial charge in [0.15, 0.2) is 5.96 Å². The standard InChI is InChI=1S/C12H27N3O2.HI/c1-12(2,3)15-11(13)14-7-5-6-8-17-10-9-16-4;/h5-10H2,1-4H3,(H3,13,14,15);1H. The van der Waals surface area contributed by atoms with Gasteiger partial charge in [-0.2, -0.15) is 0 Å². The smallest absolute Gasteiger partial charge is 0.188 e. The molecule has 0 spiro atoms. The van der Waals surface area contributed by atoms with Crippen molar-refractivity contribution >= 4 is 29.9 Å². The molecular weight excluding hydrogens is 345 g/mol. The molecule has 0 saturated heterocycles. The van der Waals surface area contributed by atoms with Crippen LogP contribution in [-0.2, 0) is 9.47 Å². The number of unbranched alkanes of at least 4 members (excludes halogenated alkanes) is 1. The molecule has 0 aliphatic rings. The van der Waals surface area contributed by atoms with Gasteiger partial charge in [-0.25, -0.2) is 0 Å². The maximum Gasteiger partial charge on any atom is 0.188 e. The fourth-order valence-electron chi connectivity index (χ4n) is 1.18. The van der Waals surface area contributed by atoms with Crippen molar-refractivity contribution in [3.63, 3.8) is 0 Å². The molecule has 0 amide bonds. The molecule has 0 atom stereocenters. The van der Waals surface area contributed by atoms with Crippen LogP contribution in [0.3, 0.4) is 0 Å². The molecule has 0 saturated carbocycles. The topological polar surface area (TPSA) is 68.9 Å². The quantitative estimate of drug-likeness (QED) is 0.294. The van der Waals surface area contributed by atoms with E-state index < -0.39 is 0 Å². The van der Waals surface area contributed by atoms with Crippen molar-refractivity contribution in [2.45, 2.75) is 39.2 Å². The SMILES string of the molecule is COCCOCCCCN=C(N)NC(C)(C)C.I. The van der Waals surface area contributed by atoms with Crippen molar-refractivity contribution in [1.82, 2.24) is 5.32 Å². The molecule has 0 radical (unpaired) electrons. The largest absolute Gasteiger partial charge is 0.382 e. The monoisotopic (exact) mass is 373 g/mol. The first-order valence-electron chi connectivity index (χ1n) is 6.10. The van der Waals surface area contributed by atoms with Crippen molar-refractivity contribution in [3.8, 4) is 0 Å². The number of nitrogens with one attached hydrogen (secondary N) is 1. The van der Waals surface area contributed by atoms with Gasteiger partial charge in [0.2, 0.25) is 0 Å². The van der Waals surface area contributed by atoms with Crippen LogP contribution in [0, 0.1) is 0 Å². The summed E-state index contributed by atoms with van der Waals surface area (Å²) in [6.07, 6.45) is 1.98. The Morgan fingerprint density at radius 2 is 1.83 bits per heavy atom. The molecule has 0 aliphatic heterocycles. The van der Waals surface area contributed by atoms with Crippen molar-refractivity contribution in [3.05, 3.63) is 0 Å². The molecule has 0 bridgehead atoms. The predicted molar refractivity (Wildman–Crippen MR) is 86.7 cm³/mol. The van der Waals surface area contributed by atoms with E-state index in [0.29, 0.717) is 19.2 Å². The van der Waals surface area contributed by atoms with Gasteiger partial charge in [-0.3, -0.25) is 4.99 Å². The van der Waals surface area contributed by atoms with E-state index in [1.54, 1.807) is 7.11 Å². The summed E-state index contributed by atoms with van der Waals surface area (Å²) in [5.41, 5.74) is 5.70. The zero-order chi connectivity index (χ0) is 13.1. The normalized spacial score (nSPS) is 12.1. The predicted octanol–water partition coefficient (Wildman–Crippen LogP) is 1.75. The molecule has 0 heterocycles. The van der Waals surface area contributed by atoms with E-state index in [2.05, 4.69) is 31.1 Å². The van der Waals surface area contributed by atoms with Crippen molar-refractivity contribution < 1.29 is 9.47 Å². The van der Waals surface area contributed by atoms with E-state index >= 15 is 0 Å². The fourth-order valence-corrected chi connectivity index (χ4v) is 1.18. The summed E-state index contributed by atoms with van der Waals surface area (Å²) >= 11 is 0. The third kappa shape index (κ3) is 15.9. The lowest BCUT2D eigenvalue weighted by atomic mass is 10.1. The molecule has 0 aliphatic carbocycles. The molecule has 0 rings (SSSR count). The Kier molecular flexibility index (Phi) is 13.5.